The van der Waals surface area contributed by atoms with Crippen molar-refractivity contribution in [2.24, 2.45) is 28.6 Å². The summed E-state index contributed by atoms with van der Waals surface area (Å²) in [5.41, 5.74) is -1.95. The summed E-state index contributed by atoms with van der Waals surface area (Å²) >= 11 is 1.53. The summed E-state index contributed by atoms with van der Waals surface area (Å²) in [6.07, 6.45) is 5.11. The van der Waals surface area contributed by atoms with Gasteiger partial charge in [0.25, 0.3) is 0 Å². The standard InChI is InChI=1S/C30H37NO7S/c1-28-11-9-19(32)14-18(28)5-6-21-22-10-12-30(37,29(22,2)15-23(33)27(21)28)24(34)17-38-26(36)8-7-25(35)31-16-20-4-3-13-39-20/h3-4,13-14,21-22,27,37H,5-12,15-17H2,1-2H3,(H,31,35)/t21-,22-,27+,28+,29+,30+/m1/s1. The topological polar surface area (TPSA) is 127 Å². The van der Waals surface area contributed by atoms with E-state index in [0.717, 1.165) is 23.3 Å². The van der Waals surface area contributed by atoms with Crippen molar-refractivity contribution >= 4 is 40.6 Å². The van der Waals surface area contributed by atoms with Gasteiger partial charge in [0.2, 0.25) is 11.7 Å². The number of thiophene rings is 1. The molecule has 0 aliphatic heterocycles. The highest BCUT2D eigenvalue weighted by Gasteiger charge is 2.68. The molecule has 4 aliphatic rings. The Morgan fingerprint density at radius 3 is 2.67 bits per heavy atom. The molecule has 3 saturated carbocycles. The number of hydrogen-bond donors (Lipinski definition) is 2. The van der Waals surface area contributed by atoms with Gasteiger partial charge in [-0.25, -0.2) is 0 Å². The number of rotatable bonds is 8. The van der Waals surface area contributed by atoms with Crippen LogP contribution in [0.25, 0.3) is 0 Å². The van der Waals surface area contributed by atoms with Crippen molar-refractivity contribution in [3.8, 4) is 0 Å². The molecular weight excluding hydrogens is 518 g/mol. The Labute approximate surface area is 232 Å². The van der Waals surface area contributed by atoms with Gasteiger partial charge in [-0.3, -0.25) is 24.0 Å². The summed E-state index contributed by atoms with van der Waals surface area (Å²) in [4.78, 5) is 64.4. The second kappa shape index (κ2) is 10.4. The lowest BCUT2D eigenvalue weighted by atomic mass is 9.46. The molecule has 210 valence electrons. The molecule has 9 heteroatoms. The number of ether oxygens (including phenoxy) is 1. The Hall–Kier alpha value is -2.65. The predicted molar refractivity (Wildman–Crippen MR) is 143 cm³/mol. The van der Waals surface area contributed by atoms with E-state index in [9.17, 15) is 29.1 Å². The molecule has 1 amide bonds. The van der Waals surface area contributed by atoms with Crippen molar-refractivity contribution < 1.29 is 33.8 Å². The minimum atomic E-state index is -1.75. The van der Waals surface area contributed by atoms with Crippen LogP contribution in [0.4, 0.5) is 0 Å². The maximum atomic E-state index is 13.7. The fourth-order valence-electron chi connectivity index (χ4n) is 8.09. The minimum Gasteiger partial charge on any atom is -0.458 e. The van der Waals surface area contributed by atoms with Gasteiger partial charge in [0.1, 0.15) is 11.4 Å². The van der Waals surface area contributed by atoms with Crippen molar-refractivity contribution in [1.29, 1.82) is 0 Å². The van der Waals surface area contributed by atoms with Gasteiger partial charge in [0.15, 0.2) is 12.4 Å². The lowest BCUT2D eigenvalue weighted by molar-refractivity contribution is -0.173. The predicted octanol–water partition coefficient (Wildman–Crippen LogP) is 3.70. The quantitative estimate of drug-likeness (QED) is 0.468. The minimum absolute atomic E-state index is 0.00658. The van der Waals surface area contributed by atoms with E-state index in [-0.39, 0.29) is 66.3 Å². The Kier molecular flexibility index (Phi) is 7.44. The number of nitrogens with one attached hydrogen (secondary N) is 1. The smallest absolute Gasteiger partial charge is 0.306 e. The van der Waals surface area contributed by atoms with E-state index in [1.54, 1.807) is 6.08 Å². The van der Waals surface area contributed by atoms with Crippen LogP contribution in [0.5, 0.6) is 0 Å². The van der Waals surface area contributed by atoms with Gasteiger partial charge in [-0.1, -0.05) is 25.5 Å². The van der Waals surface area contributed by atoms with Crippen molar-refractivity contribution in [3.05, 3.63) is 34.0 Å². The fraction of sp³-hybridized carbons (Fsp3) is 0.633. The second-order valence-electron chi connectivity index (χ2n) is 12.2. The first-order chi connectivity index (χ1) is 18.5. The van der Waals surface area contributed by atoms with E-state index in [1.165, 1.54) is 11.3 Å². The molecule has 0 saturated heterocycles. The molecule has 0 bridgehead atoms. The number of aliphatic hydroxyl groups is 1. The third-order valence-corrected chi connectivity index (χ3v) is 11.1. The molecule has 0 radical (unpaired) electrons. The normalized spacial score (nSPS) is 35.4. The van der Waals surface area contributed by atoms with E-state index in [0.29, 0.717) is 25.8 Å². The van der Waals surface area contributed by atoms with Gasteiger partial charge in [-0.2, -0.15) is 0 Å². The summed E-state index contributed by atoms with van der Waals surface area (Å²) in [5, 5.41) is 16.4. The summed E-state index contributed by atoms with van der Waals surface area (Å²) in [6.45, 7) is 3.76. The van der Waals surface area contributed by atoms with Crippen molar-refractivity contribution in [2.45, 2.75) is 83.8 Å². The molecule has 1 aromatic rings. The highest BCUT2D eigenvalue weighted by Crippen LogP contribution is 2.66. The van der Waals surface area contributed by atoms with Crippen LogP contribution in [-0.2, 0) is 35.3 Å². The first-order valence-electron chi connectivity index (χ1n) is 13.9. The number of ketones is 3. The highest BCUT2D eigenvalue weighted by molar-refractivity contribution is 7.09. The van der Waals surface area contributed by atoms with E-state index >= 15 is 0 Å². The Morgan fingerprint density at radius 1 is 1.13 bits per heavy atom. The van der Waals surface area contributed by atoms with Crippen LogP contribution in [0, 0.1) is 28.6 Å². The number of carbonyl (C=O) groups excluding carboxylic acids is 5. The Morgan fingerprint density at radius 2 is 1.92 bits per heavy atom. The van der Waals surface area contributed by atoms with Gasteiger partial charge < -0.3 is 15.2 Å². The molecule has 6 atom stereocenters. The van der Waals surface area contributed by atoms with E-state index in [1.807, 2.05) is 24.4 Å². The van der Waals surface area contributed by atoms with Crippen LogP contribution in [0.2, 0.25) is 0 Å². The zero-order valence-corrected chi connectivity index (χ0v) is 23.4. The molecule has 5 rings (SSSR count). The van der Waals surface area contributed by atoms with Crippen molar-refractivity contribution in [3.63, 3.8) is 0 Å². The first-order valence-corrected chi connectivity index (χ1v) is 14.8. The monoisotopic (exact) mass is 555 g/mol. The maximum Gasteiger partial charge on any atom is 0.306 e. The second-order valence-corrected chi connectivity index (χ2v) is 13.3. The van der Waals surface area contributed by atoms with Crippen molar-refractivity contribution in [2.75, 3.05) is 6.61 Å². The maximum absolute atomic E-state index is 13.7. The summed E-state index contributed by atoms with van der Waals surface area (Å²) in [5.74, 6) is -1.53. The zero-order valence-electron chi connectivity index (χ0n) is 22.6. The van der Waals surface area contributed by atoms with Gasteiger partial charge in [-0.05, 0) is 66.9 Å². The van der Waals surface area contributed by atoms with Gasteiger partial charge in [0, 0.05) is 35.5 Å². The van der Waals surface area contributed by atoms with E-state index in [4.69, 9.17) is 4.74 Å². The third kappa shape index (κ3) is 4.82. The molecular formula is C30H37NO7S. The molecule has 1 aromatic heterocycles. The molecule has 0 spiro atoms. The SMILES string of the molecule is C[C@]12CCC(=O)C=C1CC[C@H]1[C@H]2C(=O)C[C@@]2(C)[C@@H]1CC[C@]2(O)C(=O)COC(=O)CCC(=O)NCc1cccs1. The molecule has 8 nitrogen and oxygen atoms in total. The number of fused-ring (bicyclic) bond motifs is 5. The first kappa shape index (κ1) is 27.9. The van der Waals surface area contributed by atoms with Crippen LogP contribution in [0.3, 0.4) is 0 Å². The molecule has 4 aliphatic carbocycles. The number of allylic oxidation sites excluding steroid dienone is 1. The molecule has 0 aromatic carbocycles. The fourth-order valence-corrected chi connectivity index (χ4v) is 8.73. The Balaban J connectivity index is 1.19. The molecule has 39 heavy (non-hydrogen) atoms. The van der Waals surface area contributed by atoms with Crippen LogP contribution < -0.4 is 5.32 Å². The number of carbonyl (C=O) groups is 5. The van der Waals surface area contributed by atoms with Gasteiger partial charge in [-0.15, -0.1) is 11.3 Å². The molecule has 3 fully saturated rings. The van der Waals surface area contributed by atoms with Crippen LogP contribution >= 0.6 is 11.3 Å². The average molecular weight is 556 g/mol. The van der Waals surface area contributed by atoms with Gasteiger partial charge in [0.05, 0.1) is 13.0 Å². The number of Topliss-reactive ketones (excluding diaryl/α,β-unsaturated/α-hetero) is 2. The van der Waals surface area contributed by atoms with E-state index in [2.05, 4.69) is 12.2 Å². The lowest BCUT2D eigenvalue weighted by Crippen LogP contribution is -2.61. The largest absolute Gasteiger partial charge is 0.458 e. The molecule has 2 N–H and O–H groups in total. The summed E-state index contributed by atoms with van der Waals surface area (Å²) < 4.78 is 5.19. The average Bonchev–Trinajstić information content (AvgIpc) is 3.51. The number of hydrogen-bond acceptors (Lipinski definition) is 8. The zero-order chi connectivity index (χ0) is 28.0. The number of amides is 1. The molecule has 1 heterocycles. The summed E-state index contributed by atoms with van der Waals surface area (Å²) in [6, 6.07) is 3.80. The van der Waals surface area contributed by atoms with E-state index < -0.39 is 29.4 Å². The van der Waals surface area contributed by atoms with Crippen LogP contribution in [0.1, 0.15) is 76.5 Å². The van der Waals surface area contributed by atoms with Crippen molar-refractivity contribution in [1.82, 2.24) is 5.32 Å². The van der Waals surface area contributed by atoms with Crippen LogP contribution in [-0.4, -0.2) is 46.5 Å². The summed E-state index contributed by atoms with van der Waals surface area (Å²) in [7, 11) is 0. The third-order valence-electron chi connectivity index (χ3n) is 10.2. The Bertz CT molecular complexity index is 1220. The van der Waals surface area contributed by atoms with Gasteiger partial charge >= 0.3 is 5.97 Å². The van der Waals surface area contributed by atoms with Crippen LogP contribution in [0.15, 0.2) is 29.2 Å². The lowest BCUT2D eigenvalue weighted by Gasteiger charge is -2.57. The highest BCUT2D eigenvalue weighted by atomic mass is 32.1. The molecule has 0 unspecified atom stereocenters. The number of esters is 1.